The Kier molecular flexibility index (Phi) is 3.71. The van der Waals surface area contributed by atoms with Crippen molar-refractivity contribution >= 4 is 22.5 Å². The van der Waals surface area contributed by atoms with Crippen molar-refractivity contribution in [3.05, 3.63) is 69.0 Å². The summed E-state index contributed by atoms with van der Waals surface area (Å²) < 4.78 is 15.1. The third-order valence-corrected chi connectivity index (χ3v) is 3.83. The molecule has 0 N–H and O–H groups in total. The van der Waals surface area contributed by atoms with Crippen LogP contribution >= 0.6 is 11.6 Å². The molecule has 0 atom stereocenters. The quantitative estimate of drug-likeness (QED) is 0.715. The number of benzene rings is 2. The van der Waals surface area contributed by atoms with Gasteiger partial charge in [0.25, 0.3) is 5.56 Å². The Morgan fingerprint density at radius 1 is 1.27 bits per heavy atom. The monoisotopic (exact) mass is 316 g/mol. The van der Waals surface area contributed by atoms with E-state index in [1.54, 1.807) is 31.2 Å². The van der Waals surface area contributed by atoms with Crippen molar-refractivity contribution in [2.24, 2.45) is 0 Å². The van der Waals surface area contributed by atoms with E-state index < -0.39 is 0 Å². The summed E-state index contributed by atoms with van der Waals surface area (Å²) in [4.78, 5) is 17.4. The lowest BCUT2D eigenvalue weighted by Crippen LogP contribution is -2.24. The highest BCUT2D eigenvalue weighted by atomic mass is 35.5. The van der Waals surface area contributed by atoms with Gasteiger partial charge in [0.1, 0.15) is 11.6 Å². The number of rotatable bonds is 2. The molecular weight excluding hydrogens is 303 g/mol. The minimum atomic E-state index is -0.386. The SMILES string of the molecule is CCc1nc2cccc(Cl)c2c(=O)n1-c1cc(C)cc(F)c1. The van der Waals surface area contributed by atoms with Crippen LogP contribution < -0.4 is 5.56 Å². The van der Waals surface area contributed by atoms with E-state index in [4.69, 9.17) is 11.6 Å². The first-order valence-electron chi connectivity index (χ1n) is 6.99. The molecule has 3 rings (SSSR count). The molecule has 112 valence electrons. The summed E-state index contributed by atoms with van der Waals surface area (Å²) in [5.74, 6) is 0.188. The average Bonchev–Trinajstić information content (AvgIpc) is 2.45. The maximum absolute atomic E-state index is 13.7. The van der Waals surface area contributed by atoms with Gasteiger partial charge < -0.3 is 0 Å². The van der Waals surface area contributed by atoms with Crippen LogP contribution in [0.3, 0.4) is 0 Å². The summed E-state index contributed by atoms with van der Waals surface area (Å²) in [6.45, 7) is 3.69. The molecule has 0 spiro atoms. The van der Waals surface area contributed by atoms with Crippen LogP contribution in [0.2, 0.25) is 5.02 Å². The first-order valence-corrected chi connectivity index (χ1v) is 7.36. The Labute approximate surface area is 132 Å². The molecule has 2 aromatic carbocycles. The van der Waals surface area contributed by atoms with Gasteiger partial charge >= 0.3 is 0 Å². The highest BCUT2D eigenvalue weighted by Crippen LogP contribution is 2.21. The van der Waals surface area contributed by atoms with Crippen LogP contribution in [0.5, 0.6) is 0 Å². The zero-order valence-electron chi connectivity index (χ0n) is 12.2. The topological polar surface area (TPSA) is 34.9 Å². The Bertz CT molecular complexity index is 914. The Hall–Kier alpha value is -2.20. The zero-order valence-corrected chi connectivity index (χ0v) is 13.0. The molecule has 1 heterocycles. The molecule has 0 radical (unpaired) electrons. The molecule has 0 aliphatic carbocycles. The minimum absolute atomic E-state index is 0.280. The molecule has 0 aliphatic rings. The summed E-state index contributed by atoms with van der Waals surface area (Å²) in [6.07, 6.45) is 0.549. The lowest BCUT2D eigenvalue weighted by Gasteiger charge is -2.13. The summed E-state index contributed by atoms with van der Waals surface area (Å²) in [6, 6.07) is 9.67. The van der Waals surface area contributed by atoms with Crippen molar-refractivity contribution in [3.63, 3.8) is 0 Å². The van der Waals surface area contributed by atoms with E-state index in [-0.39, 0.29) is 11.4 Å². The normalized spacial score (nSPS) is 11.1. The molecular formula is C17H14ClFN2O. The maximum atomic E-state index is 13.7. The largest absolute Gasteiger partial charge is 0.268 e. The molecule has 22 heavy (non-hydrogen) atoms. The van der Waals surface area contributed by atoms with Gasteiger partial charge in [0.2, 0.25) is 0 Å². The number of hydrogen-bond donors (Lipinski definition) is 0. The van der Waals surface area contributed by atoms with Gasteiger partial charge in [-0.25, -0.2) is 9.37 Å². The molecule has 0 fully saturated rings. The van der Waals surface area contributed by atoms with Crippen LogP contribution in [0.4, 0.5) is 4.39 Å². The number of hydrogen-bond acceptors (Lipinski definition) is 2. The summed E-state index contributed by atoms with van der Waals surface area (Å²) in [5, 5.41) is 0.697. The van der Waals surface area contributed by atoms with E-state index in [0.717, 1.165) is 5.56 Å². The molecule has 0 aliphatic heterocycles. The second kappa shape index (κ2) is 5.54. The smallest absolute Gasteiger partial charge is 0.267 e. The predicted octanol–water partition coefficient (Wildman–Crippen LogP) is 4.05. The van der Waals surface area contributed by atoms with Crippen molar-refractivity contribution in [1.29, 1.82) is 0 Å². The number of halogens is 2. The maximum Gasteiger partial charge on any atom is 0.267 e. The van der Waals surface area contributed by atoms with Crippen molar-refractivity contribution in [1.82, 2.24) is 9.55 Å². The average molecular weight is 317 g/mol. The second-order valence-electron chi connectivity index (χ2n) is 5.14. The van der Waals surface area contributed by atoms with Gasteiger partial charge in [0.05, 0.1) is 21.6 Å². The lowest BCUT2D eigenvalue weighted by atomic mass is 10.2. The third-order valence-electron chi connectivity index (χ3n) is 3.52. The van der Waals surface area contributed by atoms with E-state index >= 15 is 0 Å². The van der Waals surface area contributed by atoms with Gasteiger partial charge in [-0.2, -0.15) is 0 Å². The van der Waals surface area contributed by atoms with Gasteiger partial charge in [-0.15, -0.1) is 0 Å². The van der Waals surface area contributed by atoms with Gasteiger partial charge in [0.15, 0.2) is 0 Å². The first-order chi connectivity index (χ1) is 10.5. The van der Waals surface area contributed by atoms with Crippen molar-refractivity contribution in [3.8, 4) is 5.69 Å². The molecule has 0 saturated carbocycles. The number of aryl methyl sites for hydroxylation is 2. The summed E-state index contributed by atoms with van der Waals surface area (Å²) in [5.41, 5.74) is 1.48. The zero-order chi connectivity index (χ0) is 15.9. The fourth-order valence-corrected chi connectivity index (χ4v) is 2.84. The van der Waals surface area contributed by atoms with Crippen molar-refractivity contribution in [2.75, 3.05) is 0 Å². The summed E-state index contributed by atoms with van der Waals surface area (Å²) >= 11 is 6.15. The van der Waals surface area contributed by atoms with Crippen LogP contribution in [0.15, 0.2) is 41.2 Å². The van der Waals surface area contributed by atoms with E-state index in [0.29, 0.717) is 33.9 Å². The lowest BCUT2D eigenvalue weighted by molar-refractivity contribution is 0.624. The van der Waals surface area contributed by atoms with E-state index in [2.05, 4.69) is 4.98 Å². The molecule has 3 aromatic rings. The van der Waals surface area contributed by atoms with E-state index in [1.807, 2.05) is 6.92 Å². The standard InChI is InChI=1S/C17H14ClFN2O/c1-3-15-20-14-6-4-5-13(18)16(14)17(22)21(15)12-8-10(2)7-11(19)9-12/h4-9H,3H2,1-2H3. The van der Waals surface area contributed by atoms with Gasteiger partial charge in [-0.3, -0.25) is 9.36 Å². The number of nitrogens with zero attached hydrogens (tertiary/aromatic N) is 2. The first kappa shape index (κ1) is 14.7. The fraction of sp³-hybridized carbons (Fsp3) is 0.176. The molecule has 1 aromatic heterocycles. The van der Waals surface area contributed by atoms with Crippen LogP contribution in [0.1, 0.15) is 18.3 Å². The highest BCUT2D eigenvalue weighted by molar-refractivity contribution is 6.35. The van der Waals surface area contributed by atoms with Crippen molar-refractivity contribution in [2.45, 2.75) is 20.3 Å². The summed E-state index contributed by atoms with van der Waals surface area (Å²) in [7, 11) is 0. The fourth-order valence-electron chi connectivity index (χ4n) is 2.59. The van der Waals surface area contributed by atoms with E-state index in [1.165, 1.54) is 16.7 Å². The Morgan fingerprint density at radius 2 is 2.05 bits per heavy atom. The molecule has 3 nitrogen and oxygen atoms in total. The van der Waals surface area contributed by atoms with Gasteiger partial charge in [-0.1, -0.05) is 24.6 Å². The highest BCUT2D eigenvalue weighted by Gasteiger charge is 2.14. The minimum Gasteiger partial charge on any atom is -0.268 e. The van der Waals surface area contributed by atoms with Gasteiger partial charge in [-0.05, 0) is 42.8 Å². The molecule has 0 unspecified atom stereocenters. The van der Waals surface area contributed by atoms with Crippen LogP contribution in [-0.4, -0.2) is 9.55 Å². The molecule has 0 amide bonds. The van der Waals surface area contributed by atoms with Crippen LogP contribution in [-0.2, 0) is 6.42 Å². The van der Waals surface area contributed by atoms with Gasteiger partial charge in [0, 0.05) is 6.42 Å². The molecule has 0 saturated heterocycles. The predicted molar refractivity (Wildman–Crippen MR) is 86.4 cm³/mol. The molecule has 0 bridgehead atoms. The third kappa shape index (κ3) is 2.40. The second-order valence-corrected chi connectivity index (χ2v) is 5.55. The Balaban J connectivity index is 2.44. The van der Waals surface area contributed by atoms with Crippen LogP contribution in [0, 0.1) is 12.7 Å². The molecule has 5 heteroatoms. The van der Waals surface area contributed by atoms with Crippen LogP contribution in [0.25, 0.3) is 16.6 Å². The van der Waals surface area contributed by atoms with Crippen molar-refractivity contribution < 1.29 is 4.39 Å². The number of fused-ring (bicyclic) bond motifs is 1. The van der Waals surface area contributed by atoms with E-state index in [9.17, 15) is 9.18 Å². The Morgan fingerprint density at radius 3 is 2.73 bits per heavy atom. The number of aromatic nitrogens is 2.